The predicted molar refractivity (Wildman–Crippen MR) is 112 cm³/mol. The third-order valence-corrected chi connectivity index (χ3v) is 7.22. The van der Waals surface area contributed by atoms with Gasteiger partial charge in [0.25, 0.3) is 5.91 Å². The molecule has 0 aromatic heterocycles. The number of halogens is 3. The molecule has 29 heavy (non-hydrogen) atoms. The molecule has 156 valence electrons. The second kappa shape index (κ2) is 8.97. The van der Waals surface area contributed by atoms with Gasteiger partial charge in [-0.1, -0.05) is 30.1 Å². The maximum Gasteiger partial charge on any atom is 0.257 e. The number of nitrogens with one attached hydrogen (secondary N) is 1. The first kappa shape index (κ1) is 22.0. The Bertz CT molecular complexity index is 1030. The van der Waals surface area contributed by atoms with E-state index >= 15 is 0 Å². The van der Waals surface area contributed by atoms with Crippen molar-refractivity contribution in [3.05, 3.63) is 57.8 Å². The molecule has 1 fully saturated rings. The highest BCUT2D eigenvalue weighted by atomic mass is 35.5. The summed E-state index contributed by atoms with van der Waals surface area (Å²) in [7, 11) is -3.81. The van der Waals surface area contributed by atoms with Gasteiger partial charge in [0.2, 0.25) is 10.0 Å². The topological polar surface area (TPSA) is 69.7 Å². The molecule has 0 unspecified atom stereocenters. The molecule has 10 heteroatoms. The summed E-state index contributed by atoms with van der Waals surface area (Å²) in [6.45, 7) is 4.84. The number of benzene rings is 2. The number of hydrogen-bond acceptors (Lipinski definition) is 4. The lowest BCUT2D eigenvalue weighted by molar-refractivity contribution is 0.102. The molecule has 1 N–H and O–H groups in total. The standard InChI is InChI=1S/C19H20Cl2FN3O3S/c1-2-24-7-9-25(10-8-24)29(27,28)14-4-6-18(17(22)12-14)23-19(26)15-5-3-13(20)11-16(15)21/h3-6,11-12H,2,7-10H2,1H3,(H,23,26). The number of likely N-dealkylation sites (N-methyl/N-ethyl adjacent to an activating group) is 1. The van der Waals surface area contributed by atoms with E-state index in [4.69, 9.17) is 23.2 Å². The number of sulfonamides is 1. The van der Waals surface area contributed by atoms with Crippen LogP contribution < -0.4 is 5.32 Å². The van der Waals surface area contributed by atoms with Gasteiger partial charge in [0, 0.05) is 31.2 Å². The summed E-state index contributed by atoms with van der Waals surface area (Å²) in [5, 5.41) is 2.90. The van der Waals surface area contributed by atoms with E-state index in [-0.39, 0.29) is 21.2 Å². The van der Waals surface area contributed by atoms with Gasteiger partial charge in [0.1, 0.15) is 5.82 Å². The van der Waals surface area contributed by atoms with E-state index in [1.165, 1.54) is 34.6 Å². The first-order valence-corrected chi connectivity index (χ1v) is 11.2. The second-order valence-electron chi connectivity index (χ2n) is 6.56. The summed E-state index contributed by atoms with van der Waals surface area (Å²) >= 11 is 11.8. The highest BCUT2D eigenvalue weighted by molar-refractivity contribution is 7.89. The maximum atomic E-state index is 14.5. The molecule has 1 amide bonds. The number of hydrogen-bond donors (Lipinski definition) is 1. The van der Waals surface area contributed by atoms with Crippen LogP contribution in [0.3, 0.4) is 0 Å². The lowest BCUT2D eigenvalue weighted by atomic mass is 10.2. The van der Waals surface area contributed by atoms with Gasteiger partial charge in [0.05, 0.1) is 21.2 Å². The van der Waals surface area contributed by atoms with Crippen molar-refractivity contribution in [2.45, 2.75) is 11.8 Å². The number of amides is 1. The summed E-state index contributed by atoms with van der Waals surface area (Å²) in [6, 6.07) is 7.75. The average Bonchev–Trinajstić information content (AvgIpc) is 2.69. The van der Waals surface area contributed by atoms with Crippen molar-refractivity contribution < 1.29 is 17.6 Å². The molecule has 0 atom stereocenters. The van der Waals surface area contributed by atoms with Crippen molar-refractivity contribution >= 4 is 44.8 Å². The summed E-state index contributed by atoms with van der Waals surface area (Å²) in [6.07, 6.45) is 0. The van der Waals surface area contributed by atoms with E-state index in [0.717, 1.165) is 12.6 Å². The zero-order valence-corrected chi connectivity index (χ0v) is 18.0. The molecule has 0 saturated carbocycles. The van der Waals surface area contributed by atoms with E-state index in [0.29, 0.717) is 31.2 Å². The van der Waals surface area contributed by atoms with Crippen LogP contribution in [0.5, 0.6) is 0 Å². The Labute approximate surface area is 179 Å². The van der Waals surface area contributed by atoms with Crippen LogP contribution in [-0.2, 0) is 10.0 Å². The Hall–Kier alpha value is -1.71. The first-order valence-electron chi connectivity index (χ1n) is 9.01. The van der Waals surface area contributed by atoms with Gasteiger partial charge in [-0.15, -0.1) is 0 Å². The smallest absolute Gasteiger partial charge is 0.257 e. The minimum Gasteiger partial charge on any atom is -0.319 e. The molecule has 0 bridgehead atoms. The SMILES string of the molecule is CCN1CCN(S(=O)(=O)c2ccc(NC(=O)c3ccc(Cl)cc3Cl)c(F)c2)CC1. The number of rotatable bonds is 5. The predicted octanol–water partition coefficient (Wildman–Crippen LogP) is 3.71. The second-order valence-corrected chi connectivity index (χ2v) is 9.34. The van der Waals surface area contributed by atoms with Crippen LogP contribution in [0.15, 0.2) is 41.3 Å². The van der Waals surface area contributed by atoms with Crippen molar-refractivity contribution in [1.82, 2.24) is 9.21 Å². The molecule has 1 aliphatic heterocycles. The third-order valence-electron chi connectivity index (χ3n) is 4.78. The quantitative estimate of drug-likeness (QED) is 0.739. The van der Waals surface area contributed by atoms with E-state index < -0.39 is 21.7 Å². The first-order chi connectivity index (χ1) is 13.7. The summed E-state index contributed by atoms with van der Waals surface area (Å²) in [5.41, 5.74) is -0.0169. The van der Waals surface area contributed by atoms with Crippen LogP contribution in [0.4, 0.5) is 10.1 Å². The fraction of sp³-hybridized carbons (Fsp3) is 0.316. The summed E-state index contributed by atoms with van der Waals surface area (Å²) < 4.78 is 41.5. The minimum absolute atomic E-state index is 0.126. The largest absolute Gasteiger partial charge is 0.319 e. The molecule has 2 aromatic carbocycles. The van der Waals surface area contributed by atoms with Gasteiger partial charge in [-0.25, -0.2) is 12.8 Å². The number of nitrogens with zero attached hydrogens (tertiary/aromatic N) is 2. The number of piperazine rings is 1. The monoisotopic (exact) mass is 459 g/mol. The van der Waals surface area contributed by atoms with E-state index in [1.54, 1.807) is 0 Å². The zero-order valence-electron chi connectivity index (χ0n) is 15.7. The van der Waals surface area contributed by atoms with Gasteiger partial charge in [-0.05, 0) is 42.9 Å². The molecule has 2 aromatic rings. The summed E-state index contributed by atoms with van der Waals surface area (Å²) in [5.74, 6) is -1.48. The van der Waals surface area contributed by atoms with E-state index in [2.05, 4.69) is 10.2 Å². The molecular weight excluding hydrogens is 440 g/mol. The van der Waals surface area contributed by atoms with Crippen LogP contribution in [0.2, 0.25) is 10.0 Å². The Kier molecular flexibility index (Phi) is 6.80. The Morgan fingerprint density at radius 2 is 1.79 bits per heavy atom. The van der Waals surface area contributed by atoms with Crippen molar-refractivity contribution in [2.75, 3.05) is 38.0 Å². The Morgan fingerprint density at radius 3 is 2.38 bits per heavy atom. The molecule has 0 radical (unpaired) electrons. The maximum absolute atomic E-state index is 14.5. The molecule has 6 nitrogen and oxygen atoms in total. The fourth-order valence-electron chi connectivity index (χ4n) is 3.06. The normalized spacial score (nSPS) is 16.0. The van der Waals surface area contributed by atoms with Gasteiger partial charge >= 0.3 is 0 Å². The van der Waals surface area contributed by atoms with Crippen molar-refractivity contribution in [3.63, 3.8) is 0 Å². The molecular formula is C19H20Cl2FN3O3S. The minimum atomic E-state index is -3.81. The average molecular weight is 460 g/mol. The van der Waals surface area contributed by atoms with Gasteiger partial charge in [-0.2, -0.15) is 4.31 Å². The molecule has 1 saturated heterocycles. The molecule has 0 spiro atoms. The van der Waals surface area contributed by atoms with Gasteiger partial charge in [0.15, 0.2) is 0 Å². The van der Waals surface area contributed by atoms with Crippen molar-refractivity contribution in [3.8, 4) is 0 Å². The van der Waals surface area contributed by atoms with Crippen LogP contribution in [0, 0.1) is 5.82 Å². The van der Waals surface area contributed by atoms with Crippen LogP contribution in [-0.4, -0.2) is 56.3 Å². The van der Waals surface area contributed by atoms with Crippen LogP contribution >= 0.6 is 23.2 Å². The lowest BCUT2D eigenvalue weighted by Crippen LogP contribution is -2.48. The third kappa shape index (κ3) is 4.90. The molecule has 1 aliphatic rings. The summed E-state index contributed by atoms with van der Waals surface area (Å²) in [4.78, 5) is 14.3. The zero-order chi connectivity index (χ0) is 21.2. The molecule has 1 heterocycles. The highest BCUT2D eigenvalue weighted by Crippen LogP contribution is 2.25. The lowest BCUT2D eigenvalue weighted by Gasteiger charge is -2.33. The van der Waals surface area contributed by atoms with E-state index in [9.17, 15) is 17.6 Å². The fourth-order valence-corrected chi connectivity index (χ4v) is 4.98. The van der Waals surface area contributed by atoms with Crippen LogP contribution in [0.25, 0.3) is 0 Å². The number of carbonyl (C=O) groups is 1. The number of carbonyl (C=O) groups excluding carboxylic acids is 1. The van der Waals surface area contributed by atoms with Crippen molar-refractivity contribution in [2.24, 2.45) is 0 Å². The Morgan fingerprint density at radius 1 is 1.10 bits per heavy atom. The highest BCUT2D eigenvalue weighted by Gasteiger charge is 2.28. The van der Waals surface area contributed by atoms with Crippen LogP contribution in [0.1, 0.15) is 17.3 Å². The molecule has 0 aliphatic carbocycles. The molecule has 3 rings (SSSR count). The van der Waals surface area contributed by atoms with Gasteiger partial charge < -0.3 is 10.2 Å². The Balaban J connectivity index is 1.77. The van der Waals surface area contributed by atoms with Crippen molar-refractivity contribution in [1.29, 1.82) is 0 Å². The number of anilines is 1. The van der Waals surface area contributed by atoms with Gasteiger partial charge in [-0.3, -0.25) is 4.79 Å². The van der Waals surface area contributed by atoms with E-state index in [1.807, 2.05) is 6.92 Å².